The van der Waals surface area contributed by atoms with E-state index in [2.05, 4.69) is 40.0 Å². The Morgan fingerprint density at radius 2 is 1.88 bits per heavy atom. The fourth-order valence-electron chi connectivity index (χ4n) is 7.51. The molecule has 57 heavy (non-hydrogen) atoms. The number of para-hydroxylation sites is 1. The van der Waals surface area contributed by atoms with Gasteiger partial charge in [-0.1, -0.05) is 93.6 Å². The molecular formula is C43H45N5O9. The number of anilines is 1. The number of unbranched alkanes of at least 4 members (excludes halogenated alkanes) is 2. The second kappa shape index (κ2) is 16.4. The van der Waals surface area contributed by atoms with Crippen LogP contribution in [0.4, 0.5) is 10.5 Å². The van der Waals surface area contributed by atoms with Crippen LogP contribution in [-0.2, 0) is 37.5 Å². The number of ether oxygens (including phenoxy) is 3. The number of aromatic nitrogens is 1. The molecule has 4 aromatic rings. The van der Waals surface area contributed by atoms with E-state index in [0.717, 1.165) is 37.5 Å². The van der Waals surface area contributed by atoms with Crippen molar-refractivity contribution in [2.45, 2.75) is 82.8 Å². The summed E-state index contributed by atoms with van der Waals surface area (Å²) in [7, 11) is 1.15. The summed E-state index contributed by atoms with van der Waals surface area (Å²) in [5, 5.41) is 21.9. The first-order chi connectivity index (χ1) is 27.6. The molecular weight excluding hydrogens is 730 g/mol. The standard InChI is InChI=1S/C43H45N5O9/c1-5-6-7-11-15-27-16-12-17-28-34(27)48-41-43(28)29-20-26(18-19-32(29)56-41)21-30(45-42(53)55-23-25-13-9-8-10-14-25)37(50)46-33(24(2)3)39-47-35(36(43)57-39)38(51)44-31(22-49)40(52)54-4/h8-10,12-14,16-20,24,30-31,33,41,48-49H,5-7,21-23H2,1-4H3,(H,44,51)(H,45,53)(H,46,50)/t30-,31-,33-,41?,43?/m0/s1. The van der Waals surface area contributed by atoms with E-state index in [4.69, 9.17) is 23.6 Å². The molecule has 5 N–H and O–H groups in total. The number of hydrogen-bond acceptors (Lipinski definition) is 11. The summed E-state index contributed by atoms with van der Waals surface area (Å²) in [6.07, 6.45) is 1.12. The Morgan fingerprint density at radius 1 is 1.07 bits per heavy atom. The first kappa shape index (κ1) is 38.9. The number of oxazole rings is 1. The van der Waals surface area contributed by atoms with E-state index in [1.807, 2.05) is 74.5 Å². The van der Waals surface area contributed by atoms with Crippen LogP contribution in [0, 0.1) is 17.8 Å². The molecule has 14 nitrogen and oxygen atoms in total. The number of hydrogen-bond donors (Lipinski definition) is 5. The highest BCUT2D eigenvalue weighted by atomic mass is 16.5. The molecule has 3 aromatic carbocycles. The van der Waals surface area contributed by atoms with Crippen LogP contribution in [0.25, 0.3) is 0 Å². The largest absolute Gasteiger partial charge is 0.469 e. The number of carbonyl (C=O) groups is 4. The second-order valence-electron chi connectivity index (χ2n) is 14.6. The van der Waals surface area contributed by atoms with Gasteiger partial charge in [0.15, 0.2) is 23.7 Å². The zero-order valence-electron chi connectivity index (χ0n) is 32.1. The van der Waals surface area contributed by atoms with E-state index in [1.54, 1.807) is 6.07 Å². The molecule has 0 radical (unpaired) electrons. The molecule has 3 amide bonds. The van der Waals surface area contributed by atoms with Crippen LogP contribution >= 0.6 is 0 Å². The molecule has 0 saturated carbocycles. The van der Waals surface area contributed by atoms with Crippen molar-refractivity contribution >= 4 is 29.6 Å². The minimum Gasteiger partial charge on any atom is -0.469 e. The van der Waals surface area contributed by atoms with Crippen molar-refractivity contribution < 1.29 is 42.9 Å². The minimum atomic E-state index is -1.40. The number of amides is 3. The van der Waals surface area contributed by atoms with E-state index < -0.39 is 60.3 Å². The predicted molar refractivity (Wildman–Crippen MR) is 207 cm³/mol. The Morgan fingerprint density at radius 3 is 2.61 bits per heavy atom. The Hall–Kier alpha value is -6.33. The molecule has 0 aliphatic carbocycles. The quantitative estimate of drug-likeness (QED) is 0.0859. The van der Waals surface area contributed by atoms with Gasteiger partial charge in [-0.3, -0.25) is 9.59 Å². The van der Waals surface area contributed by atoms with Gasteiger partial charge in [0.05, 0.1) is 19.4 Å². The summed E-state index contributed by atoms with van der Waals surface area (Å²) >= 11 is 0. The van der Waals surface area contributed by atoms with Gasteiger partial charge in [-0.15, -0.1) is 0 Å². The topological polar surface area (TPSA) is 190 Å². The van der Waals surface area contributed by atoms with Crippen molar-refractivity contribution in [2.75, 3.05) is 19.0 Å². The first-order valence-electron chi connectivity index (χ1n) is 19.1. The molecule has 7 rings (SSSR count). The van der Waals surface area contributed by atoms with Gasteiger partial charge in [0, 0.05) is 29.5 Å². The maximum absolute atomic E-state index is 14.4. The smallest absolute Gasteiger partial charge is 0.408 e. The number of methoxy groups -OCH3 is 1. The number of alkyl carbamates (subject to hydrolysis) is 1. The molecule has 1 spiro atoms. The number of rotatable bonds is 10. The van der Waals surface area contributed by atoms with Crippen molar-refractivity contribution in [3.05, 3.63) is 112 Å². The van der Waals surface area contributed by atoms with E-state index in [1.165, 1.54) is 0 Å². The normalized spacial score (nSPS) is 20.5. The van der Waals surface area contributed by atoms with E-state index in [-0.39, 0.29) is 36.3 Å². The van der Waals surface area contributed by atoms with Gasteiger partial charge >= 0.3 is 12.1 Å². The molecule has 2 unspecified atom stereocenters. The Labute approximate surface area is 330 Å². The highest BCUT2D eigenvalue weighted by Crippen LogP contribution is 2.59. The molecule has 4 heterocycles. The number of fused-ring (bicyclic) bond motifs is 4. The Bertz CT molecular complexity index is 2240. The third-order valence-corrected chi connectivity index (χ3v) is 10.4. The van der Waals surface area contributed by atoms with Crippen molar-refractivity contribution in [1.29, 1.82) is 0 Å². The summed E-state index contributed by atoms with van der Waals surface area (Å²) in [5.41, 5.74) is 2.65. The number of benzene rings is 3. The fraction of sp³-hybridized carbons (Fsp3) is 0.372. The van der Waals surface area contributed by atoms with Crippen LogP contribution in [0.1, 0.15) is 96.0 Å². The van der Waals surface area contributed by atoms with Gasteiger partial charge in [-0.05, 0) is 35.6 Å². The third-order valence-electron chi connectivity index (χ3n) is 10.4. The number of aliphatic hydroxyl groups is 1. The average Bonchev–Trinajstić information content (AvgIpc) is 3.89. The van der Waals surface area contributed by atoms with Crippen LogP contribution in [0.15, 0.2) is 71.1 Å². The first-order valence-corrected chi connectivity index (χ1v) is 19.1. The second-order valence-corrected chi connectivity index (χ2v) is 14.6. The van der Waals surface area contributed by atoms with Gasteiger partial charge in [-0.25, -0.2) is 14.6 Å². The fourth-order valence-corrected chi connectivity index (χ4v) is 7.51. The molecule has 14 heteroatoms. The molecule has 3 aliphatic rings. The monoisotopic (exact) mass is 775 g/mol. The summed E-state index contributed by atoms with van der Waals surface area (Å²) in [4.78, 5) is 59.0. The lowest BCUT2D eigenvalue weighted by atomic mass is 9.72. The minimum absolute atomic E-state index is 0.00412. The average molecular weight is 776 g/mol. The van der Waals surface area contributed by atoms with Crippen LogP contribution in [-0.4, -0.2) is 66.0 Å². The third kappa shape index (κ3) is 7.38. The molecule has 4 bridgehead atoms. The summed E-state index contributed by atoms with van der Waals surface area (Å²) in [6, 6.07) is 17.0. The Balaban J connectivity index is 1.39. The molecule has 1 aromatic heterocycles. The number of esters is 1. The van der Waals surface area contributed by atoms with Crippen LogP contribution in [0.2, 0.25) is 0 Å². The van der Waals surface area contributed by atoms with Gasteiger partial charge in [0.2, 0.25) is 11.8 Å². The summed E-state index contributed by atoms with van der Waals surface area (Å²) in [6.45, 7) is 5.08. The highest BCUT2D eigenvalue weighted by Gasteiger charge is 2.61. The van der Waals surface area contributed by atoms with Crippen LogP contribution in [0.5, 0.6) is 5.75 Å². The zero-order chi connectivity index (χ0) is 40.3. The van der Waals surface area contributed by atoms with E-state index in [9.17, 15) is 24.3 Å². The highest BCUT2D eigenvalue weighted by molar-refractivity contribution is 5.97. The van der Waals surface area contributed by atoms with E-state index >= 15 is 0 Å². The molecule has 296 valence electrons. The molecule has 0 saturated heterocycles. The molecule has 3 aliphatic heterocycles. The SMILES string of the molecule is CCCCC#Cc1cccc2c1NC1Oc3ccc4cc3C21c1oc(nc1C(=O)N[C@@H](CO)C(=O)OC)[C@H](C(C)C)NC(=O)[C@@H](NC(=O)OCc1ccccc1)C4. The molecule has 0 fully saturated rings. The number of aliphatic hydroxyl groups excluding tert-OH is 1. The van der Waals surface area contributed by atoms with Gasteiger partial charge < -0.3 is 45.0 Å². The number of carbonyl (C=O) groups excluding carboxylic acids is 4. The lowest BCUT2D eigenvalue weighted by Gasteiger charge is -2.29. The maximum atomic E-state index is 14.4. The zero-order valence-corrected chi connectivity index (χ0v) is 32.1. The predicted octanol–water partition coefficient (Wildman–Crippen LogP) is 4.62. The van der Waals surface area contributed by atoms with Gasteiger partial charge in [0.25, 0.3) is 5.91 Å². The van der Waals surface area contributed by atoms with Crippen molar-refractivity contribution in [1.82, 2.24) is 20.9 Å². The maximum Gasteiger partial charge on any atom is 0.408 e. The van der Waals surface area contributed by atoms with Crippen LogP contribution < -0.4 is 26.0 Å². The lowest BCUT2D eigenvalue weighted by molar-refractivity contribution is -0.143. The number of nitrogens with one attached hydrogen (secondary N) is 4. The Kier molecular flexibility index (Phi) is 11.2. The summed E-state index contributed by atoms with van der Waals surface area (Å²) in [5.74, 6) is 4.62. The molecule has 5 atom stereocenters. The van der Waals surface area contributed by atoms with Crippen molar-refractivity contribution in [3.8, 4) is 17.6 Å². The van der Waals surface area contributed by atoms with Gasteiger partial charge in [-0.2, -0.15) is 0 Å². The van der Waals surface area contributed by atoms with Crippen molar-refractivity contribution in [3.63, 3.8) is 0 Å². The lowest BCUT2D eigenvalue weighted by Crippen LogP contribution is -2.49. The number of nitrogens with zero attached hydrogens (tertiary/aromatic N) is 1. The summed E-state index contributed by atoms with van der Waals surface area (Å²) < 4.78 is 23.7. The van der Waals surface area contributed by atoms with Crippen molar-refractivity contribution in [2.24, 2.45) is 5.92 Å². The van der Waals surface area contributed by atoms with Crippen LogP contribution in [0.3, 0.4) is 0 Å². The van der Waals surface area contributed by atoms with E-state index in [0.29, 0.717) is 28.1 Å². The van der Waals surface area contributed by atoms with Gasteiger partial charge in [0.1, 0.15) is 29.9 Å².